The van der Waals surface area contributed by atoms with Crippen LogP contribution < -0.4 is 19.9 Å². The van der Waals surface area contributed by atoms with Crippen molar-refractivity contribution in [2.45, 2.75) is 31.6 Å². The Morgan fingerprint density at radius 2 is 1.93 bits per heavy atom. The first-order chi connectivity index (χ1) is 14.2. The van der Waals surface area contributed by atoms with E-state index < -0.39 is 24.2 Å². The van der Waals surface area contributed by atoms with Crippen LogP contribution in [-0.2, 0) is 0 Å². The molecule has 2 aliphatic rings. The van der Waals surface area contributed by atoms with Gasteiger partial charge < -0.3 is 15.0 Å². The van der Waals surface area contributed by atoms with Crippen molar-refractivity contribution in [3.8, 4) is 5.75 Å². The molecule has 4 rings (SSSR count). The first-order valence-electron chi connectivity index (χ1n) is 9.43. The van der Waals surface area contributed by atoms with Gasteiger partial charge in [0.1, 0.15) is 17.5 Å². The van der Waals surface area contributed by atoms with Crippen LogP contribution in [0.3, 0.4) is 0 Å². The number of para-hydroxylation sites is 1. The summed E-state index contributed by atoms with van der Waals surface area (Å²) in [7, 11) is 0. The Hall–Kier alpha value is -3.30. The minimum atomic E-state index is -4.57. The fraction of sp³-hybridized carbons (Fsp3) is 0.350. The number of aromatic nitrogens is 1. The Kier molecular flexibility index (Phi) is 5.00. The molecule has 7 nitrogen and oxygen atoms in total. The number of nitrogens with zero attached hydrogens (tertiary/aromatic N) is 3. The minimum absolute atomic E-state index is 0.200. The van der Waals surface area contributed by atoms with E-state index in [1.807, 2.05) is 10.2 Å². The summed E-state index contributed by atoms with van der Waals surface area (Å²) in [5.41, 5.74) is 0.430. The van der Waals surface area contributed by atoms with E-state index in [0.717, 1.165) is 6.92 Å². The van der Waals surface area contributed by atoms with Crippen molar-refractivity contribution in [3.05, 3.63) is 48.2 Å². The quantitative estimate of drug-likeness (QED) is 0.824. The van der Waals surface area contributed by atoms with Crippen LogP contribution in [0.2, 0.25) is 0 Å². The van der Waals surface area contributed by atoms with Gasteiger partial charge in [0.15, 0.2) is 5.82 Å². The number of ether oxygens (including phenoxy) is 1. The molecule has 0 spiro atoms. The summed E-state index contributed by atoms with van der Waals surface area (Å²) < 4.78 is 43.8. The van der Waals surface area contributed by atoms with Crippen LogP contribution in [0.1, 0.15) is 23.8 Å². The summed E-state index contributed by atoms with van der Waals surface area (Å²) in [6, 6.07) is 9.25. The highest BCUT2D eigenvalue weighted by atomic mass is 19.4. The maximum Gasteiger partial charge on any atom is 0.421 e. The number of hydrogen-bond acceptors (Lipinski definition) is 5. The number of carbonyl (C=O) groups excluding carboxylic acids is 2. The molecule has 1 saturated heterocycles. The van der Waals surface area contributed by atoms with Gasteiger partial charge >= 0.3 is 12.3 Å². The number of carbonyl (C=O) groups is 2. The van der Waals surface area contributed by atoms with Crippen molar-refractivity contribution in [1.29, 1.82) is 0 Å². The SMILES string of the molecule is C[C@@H](NC(=O)c1ccc2c(n1)N(C(=O)Oc1ccccc1)C1CCN2C1)C(F)(F)F. The number of benzene rings is 1. The number of anilines is 2. The van der Waals surface area contributed by atoms with Crippen molar-refractivity contribution in [2.75, 3.05) is 22.9 Å². The number of amides is 2. The minimum Gasteiger partial charge on any atom is -0.410 e. The van der Waals surface area contributed by atoms with E-state index in [2.05, 4.69) is 4.98 Å². The molecule has 2 amide bonds. The summed E-state index contributed by atoms with van der Waals surface area (Å²) in [6.45, 7) is 2.14. The molecule has 1 unspecified atom stereocenters. The standard InChI is InChI=1S/C20H19F3N4O3/c1-12(20(21,22)23)24-18(28)15-7-8-16-17(25-15)27(13-9-10-26(16)11-13)19(29)30-14-5-3-2-4-6-14/h2-8,12-13H,9-11H2,1H3,(H,24,28)/t12-,13?/m1/s1. The highest BCUT2D eigenvalue weighted by Gasteiger charge is 2.42. The van der Waals surface area contributed by atoms with E-state index in [-0.39, 0.29) is 17.6 Å². The van der Waals surface area contributed by atoms with Gasteiger partial charge in [-0.05, 0) is 37.6 Å². The number of nitrogens with one attached hydrogen (secondary N) is 1. The molecule has 1 N–H and O–H groups in total. The zero-order valence-corrected chi connectivity index (χ0v) is 16.0. The Bertz CT molecular complexity index is 968. The maximum atomic E-state index is 12.9. The molecule has 1 aromatic heterocycles. The third-order valence-electron chi connectivity index (χ3n) is 5.17. The van der Waals surface area contributed by atoms with Gasteiger partial charge in [-0.2, -0.15) is 13.2 Å². The third kappa shape index (κ3) is 3.77. The number of halogens is 3. The summed E-state index contributed by atoms with van der Waals surface area (Å²) in [4.78, 5) is 32.9. The number of pyridine rings is 1. The van der Waals surface area contributed by atoms with E-state index in [0.29, 0.717) is 30.9 Å². The number of rotatable bonds is 3. The second kappa shape index (κ2) is 7.51. The third-order valence-corrected chi connectivity index (χ3v) is 5.17. The van der Waals surface area contributed by atoms with Crippen LogP contribution in [0.15, 0.2) is 42.5 Å². The molecule has 30 heavy (non-hydrogen) atoms. The predicted molar refractivity (Wildman–Crippen MR) is 103 cm³/mol. The van der Waals surface area contributed by atoms with Crippen LogP contribution >= 0.6 is 0 Å². The van der Waals surface area contributed by atoms with Crippen molar-refractivity contribution < 1.29 is 27.5 Å². The molecule has 0 saturated carbocycles. The predicted octanol–water partition coefficient (Wildman–Crippen LogP) is 3.36. The Balaban J connectivity index is 1.63. The van der Waals surface area contributed by atoms with E-state index >= 15 is 0 Å². The Morgan fingerprint density at radius 1 is 1.20 bits per heavy atom. The van der Waals surface area contributed by atoms with Gasteiger partial charge in [-0.3, -0.25) is 9.69 Å². The molecular formula is C20H19F3N4O3. The van der Waals surface area contributed by atoms with E-state index in [1.54, 1.807) is 36.4 Å². The number of hydrogen-bond donors (Lipinski definition) is 1. The lowest BCUT2D eigenvalue weighted by Crippen LogP contribution is -2.48. The smallest absolute Gasteiger partial charge is 0.410 e. The zero-order valence-electron chi connectivity index (χ0n) is 16.0. The van der Waals surface area contributed by atoms with Gasteiger partial charge in [-0.15, -0.1) is 0 Å². The van der Waals surface area contributed by atoms with Gasteiger partial charge in [0.2, 0.25) is 0 Å². The zero-order chi connectivity index (χ0) is 21.5. The molecule has 2 aliphatic heterocycles. The summed E-state index contributed by atoms with van der Waals surface area (Å²) in [5, 5.41) is 1.89. The van der Waals surface area contributed by atoms with Crippen LogP contribution in [0.4, 0.5) is 29.5 Å². The maximum absolute atomic E-state index is 12.9. The molecule has 10 heteroatoms. The van der Waals surface area contributed by atoms with Crippen LogP contribution in [-0.4, -0.2) is 48.3 Å². The lowest BCUT2D eigenvalue weighted by Gasteiger charge is -2.35. The van der Waals surface area contributed by atoms with Gasteiger partial charge in [0.25, 0.3) is 5.91 Å². The fourth-order valence-electron chi connectivity index (χ4n) is 3.56. The lowest BCUT2D eigenvalue weighted by atomic mass is 10.1. The molecule has 2 aromatic rings. The molecule has 2 atom stereocenters. The molecule has 3 heterocycles. The number of fused-ring (bicyclic) bond motifs is 4. The normalized spacial score (nSPS) is 18.6. The summed E-state index contributed by atoms with van der Waals surface area (Å²) in [5.74, 6) is -0.402. The molecule has 0 aliphatic carbocycles. The second-order valence-corrected chi connectivity index (χ2v) is 7.22. The number of alkyl halides is 3. The summed E-state index contributed by atoms with van der Waals surface area (Å²) >= 11 is 0. The first-order valence-corrected chi connectivity index (χ1v) is 9.43. The van der Waals surface area contributed by atoms with Gasteiger partial charge in [0, 0.05) is 13.1 Å². The van der Waals surface area contributed by atoms with Crippen molar-refractivity contribution >= 4 is 23.5 Å². The lowest BCUT2D eigenvalue weighted by molar-refractivity contribution is -0.149. The molecule has 1 aromatic carbocycles. The molecule has 0 radical (unpaired) electrons. The first kappa shape index (κ1) is 20.0. The van der Waals surface area contributed by atoms with Crippen LogP contribution in [0.5, 0.6) is 5.75 Å². The molecule has 158 valence electrons. The van der Waals surface area contributed by atoms with Crippen molar-refractivity contribution in [1.82, 2.24) is 10.3 Å². The molecule has 1 fully saturated rings. The fourth-order valence-corrected chi connectivity index (χ4v) is 3.56. The molecular weight excluding hydrogens is 401 g/mol. The highest BCUT2D eigenvalue weighted by Crippen LogP contribution is 2.39. The van der Waals surface area contributed by atoms with Gasteiger partial charge in [0.05, 0.1) is 11.7 Å². The van der Waals surface area contributed by atoms with Gasteiger partial charge in [-0.1, -0.05) is 18.2 Å². The topological polar surface area (TPSA) is 74.8 Å². The second-order valence-electron chi connectivity index (χ2n) is 7.22. The van der Waals surface area contributed by atoms with E-state index in [4.69, 9.17) is 4.74 Å². The highest BCUT2D eigenvalue weighted by molar-refractivity contribution is 5.98. The van der Waals surface area contributed by atoms with Crippen LogP contribution in [0, 0.1) is 0 Å². The summed E-state index contributed by atoms with van der Waals surface area (Å²) in [6.07, 6.45) is -4.53. The van der Waals surface area contributed by atoms with E-state index in [1.165, 1.54) is 11.0 Å². The Morgan fingerprint density at radius 3 is 2.63 bits per heavy atom. The monoisotopic (exact) mass is 420 g/mol. The van der Waals surface area contributed by atoms with Crippen molar-refractivity contribution in [3.63, 3.8) is 0 Å². The average molecular weight is 420 g/mol. The Labute approximate surface area is 170 Å². The van der Waals surface area contributed by atoms with Crippen molar-refractivity contribution in [2.24, 2.45) is 0 Å². The van der Waals surface area contributed by atoms with Gasteiger partial charge in [-0.25, -0.2) is 9.78 Å². The molecule has 2 bridgehead atoms. The average Bonchev–Trinajstić information content (AvgIpc) is 3.12. The van der Waals surface area contributed by atoms with Crippen LogP contribution in [0.25, 0.3) is 0 Å². The largest absolute Gasteiger partial charge is 0.421 e. The van der Waals surface area contributed by atoms with E-state index in [9.17, 15) is 22.8 Å².